The van der Waals surface area contributed by atoms with E-state index in [1.54, 1.807) is 17.7 Å². The summed E-state index contributed by atoms with van der Waals surface area (Å²) in [7, 11) is 1.73. The second-order valence-corrected chi connectivity index (χ2v) is 11.0. The number of hydrogen-bond acceptors (Lipinski definition) is 3. The molecule has 1 heterocycles. The van der Waals surface area contributed by atoms with Crippen molar-refractivity contribution in [3.8, 4) is 11.1 Å². The van der Waals surface area contributed by atoms with Gasteiger partial charge in [0.05, 0.1) is 0 Å². The molecule has 6 heteroatoms. The highest BCUT2D eigenvalue weighted by atomic mass is 16.2. The molecule has 4 aromatic rings. The smallest absolute Gasteiger partial charge is 0.255 e. The third-order valence-electron chi connectivity index (χ3n) is 6.94. The Morgan fingerprint density at radius 2 is 1.65 bits per heavy atom. The van der Waals surface area contributed by atoms with E-state index >= 15 is 0 Å². The van der Waals surface area contributed by atoms with Crippen molar-refractivity contribution in [2.75, 3.05) is 10.6 Å². The van der Waals surface area contributed by atoms with E-state index < -0.39 is 0 Å². The van der Waals surface area contributed by atoms with Gasteiger partial charge in [0, 0.05) is 42.2 Å². The highest BCUT2D eigenvalue weighted by molar-refractivity contribution is 6.05. The molecule has 0 bridgehead atoms. The summed E-state index contributed by atoms with van der Waals surface area (Å²) in [6.45, 7) is 11.9. The van der Waals surface area contributed by atoms with E-state index in [4.69, 9.17) is 0 Å². The molecule has 0 aliphatic heterocycles. The maximum Gasteiger partial charge on any atom is 0.255 e. The number of carbonyl (C=O) groups is 2. The van der Waals surface area contributed by atoms with Crippen molar-refractivity contribution in [2.24, 2.45) is 7.05 Å². The zero-order chi connectivity index (χ0) is 29.0. The molecule has 0 aliphatic carbocycles. The summed E-state index contributed by atoms with van der Waals surface area (Å²) < 4.78 is 1.58. The van der Waals surface area contributed by atoms with Crippen molar-refractivity contribution in [3.63, 3.8) is 0 Å². The van der Waals surface area contributed by atoms with Crippen molar-refractivity contribution in [1.29, 1.82) is 0 Å². The maximum absolute atomic E-state index is 13.1. The molecule has 6 nitrogen and oxygen atoms in total. The van der Waals surface area contributed by atoms with Crippen LogP contribution in [-0.4, -0.2) is 16.4 Å². The van der Waals surface area contributed by atoms with Gasteiger partial charge in [0.25, 0.3) is 11.5 Å². The molecule has 204 valence electrons. The van der Waals surface area contributed by atoms with E-state index in [9.17, 15) is 14.4 Å². The van der Waals surface area contributed by atoms with E-state index in [1.165, 1.54) is 11.6 Å². The number of hydrogen-bond donors (Lipinski definition) is 2. The number of aromatic nitrogens is 1. The van der Waals surface area contributed by atoms with Crippen LogP contribution >= 0.6 is 0 Å². The Kier molecular flexibility index (Phi) is 8.19. The van der Waals surface area contributed by atoms with Crippen LogP contribution < -0.4 is 16.2 Å². The fraction of sp³-hybridized carbons (Fsp3) is 0.206. The summed E-state index contributed by atoms with van der Waals surface area (Å²) >= 11 is 0. The molecule has 2 amide bonds. The van der Waals surface area contributed by atoms with Crippen LogP contribution in [0.1, 0.15) is 53.4 Å². The fourth-order valence-electron chi connectivity index (χ4n) is 4.63. The van der Waals surface area contributed by atoms with Gasteiger partial charge in [-0.25, -0.2) is 0 Å². The average molecular weight is 534 g/mol. The van der Waals surface area contributed by atoms with Crippen molar-refractivity contribution in [2.45, 2.75) is 39.5 Å². The normalized spacial score (nSPS) is 11.1. The molecule has 0 atom stereocenters. The van der Waals surface area contributed by atoms with Crippen LogP contribution in [0.25, 0.3) is 11.1 Å². The number of nitrogens with one attached hydrogen (secondary N) is 2. The van der Waals surface area contributed by atoms with Crippen LogP contribution in [0.4, 0.5) is 11.4 Å². The number of aryl methyl sites for hydroxylation is 1. The lowest BCUT2D eigenvalue weighted by Crippen LogP contribution is -2.21. The third-order valence-corrected chi connectivity index (χ3v) is 6.94. The monoisotopic (exact) mass is 533 g/mol. The fourth-order valence-corrected chi connectivity index (χ4v) is 4.63. The van der Waals surface area contributed by atoms with Crippen LogP contribution in [0.3, 0.4) is 0 Å². The minimum atomic E-state index is -0.292. The minimum Gasteiger partial charge on any atom is -0.323 e. The SMILES string of the molecule is C=CC(=O)Nc1cccc(Cc2cc(-c3cccc(NC(=O)c4ccc(C(C)(C)C)cc4)c3C)cn(C)c2=O)c1. The first-order valence-electron chi connectivity index (χ1n) is 13.2. The second-order valence-electron chi connectivity index (χ2n) is 11.0. The molecule has 4 rings (SSSR count). The molecular weight excluding hydrogens is 498 g/mol. The number of rotatable bonds is 7. The Hall–Kier alpha value is -4.71. The molecule has 0 fully saturated rings. The topological polar surface area (TPSA) is 80.2 Å². The van der Waals surface area contributed by atoms with Gasteiger partial charge in [-0.15, -0.1) is 0 Å². The number of amides is 2. The van der Waals surface area contributed by atoms with Gasteiger partial charge in [0.1, 0.15) is 0 Å². The third kappa shape index (κ3) is 6.46. The van der Waals surface area contributed by atoms with E-state index in [0.29, 0.717) is 28.9 Å². The van der Waals surface area contributed by atoms with Gasteiger partial charge < -0.3 is 15.2 Å². The zero-order valence-electron chi connectivity index (χ0n) is 23.7. The predicted octanol–water partition coefficient (Wildman–Crippen LogP) is 6.63. The van der Waals surface area contributed by atoms with E-state index in [1.807, 2.05) is 79.9 Å². The van der Waals surface area contributed by atoms with Gasteiger partial charge >= 0.3 is 0 Å². The van der Waals surface area contributed by atoms with Gasteiger partial charge in [0.2, 0.25) is 5.91 Å². The molecule has 0 aliphatic rings. The lowest BCUT2D eigenvalue weighted by Gasteiger charge is -2.19. The lowest BCUT2D eigenvalue weighted by atomic mass is 9.86. The van der Waals surface area contributed by atoms with Crippen LogP contribution in [0.2, 0.25) is 0 Å². The molecule has 0 saturated carbocycles. The summed E-state index contributed by atoms with van der Waals surface area (Å²) in [5.74, 6) is -0.468. The van der Waals surface area contributed by atoms with Crippen molar-refractivity contribution >= 4 is 23.2 Å². The molecular formula is C34H35N3O3. The molecule has 0 saturated heterocycles. The number of nitrogens with zero attached hydrogens (tertiary/aromatic N) is 1. The van der Waals surface area contributed by atoms with Gasteiger partial charge in [-0.3, -0.25) is 14.4 Å². The number of anilines is 2. The molecule has 1 aromatic heterocycles. The Morgan fingerprint density at radius 1 is 0.950 bits per heavy atom. The first-order chi connectivity index (χ1) is 19.0. The molecule has 0 spiro atoms. The van der Waals surface area contributed by atoms with Crippen molar-refractivity contribution in [1.82, 2.24) is 4.57 Å². The summed E-state index contributed by atoms with van der Waals surface area (Å²) in [6, 6.07) is 22.8. The van der Waals surface area contributed by atoms with E-state index in [0.717, 1.165) is 22.3 Å². The molecule has 0 radical (unpaired) electrons. The Balaban J connectivity index is 1.61. The lowest BCUT2D eigenvalue weighted by molar-refractivity contribution is -0.111. The zero-order valence-corrected chi connectivity index (χ0v) is 23.7. The predicted molar refractivity (Wildman–Crippen MR) is 163 cm³/mol. The van der Waals surface area contributed by atoms with Crippen LogP contribution in [0, 0.1) is 6.92 Å². The van der Waals surface area contributed by atoms with E-state index in [2.05, 4.69) is 38.0 Å². The molecule has 0 unspecified atom stereocenters. The van der Waals surface area contributed by atoms with Crippen molar-refractivity contribution < 1.29 is 9.59 Å². The average Bonchev–Trinajstić information content (AvgIpc) is 2.92. The number of benzene rings is 3. The van der Waals surface area contributed by atoms with Crippen molar-refractivity contribution in [3.05, 3.63) is 130 Å². The molecule has 40 heavy (non-hydrogen) atoms. The summed E-state index contributed by atoms with van der Waals surface area (Å²) in [4.78, 5) is 37.8. The van der Waals surface area contributed by atoms with Crippen LogP contribution in [-0.2, 0) is 23.7 Å². The van der Waals surface area contributed by atoms with Gasteiger partial charge in [-0.1, -0.05) is 63.7 Å². The Morgan fingerprint density at radius 3 is 2.33 bits per heavy atom. The molecule has 2 N–H and O–H groups in total. The van der Waals surface area contributed by atoms with Gasteiger partial charge in [-0.05, 0) is 82.6 Å². The minimum absolute atomic E-state index is 0.0127. The molecule has 3 aromatic carbocycles. The summed E-state index contributed by atoms with van der Waals surface area (Å²) in [5.41, 5.74) is 7.25. The first-order valence-corrected chi connectivity index (χ1v) is 13.2. The summed E-state index contributed by atoms with van der Waals surface area (Å²) in [5, 5.41) is 5.81. The largest absolute Gasteiger partial charge is 0.323 e. The van der Waals surface area contributed by atoms with Gasteiger partial charge in [-0.2, -0.15) is 0 Å². The summed E-state index contributed by atoms with van der Waals surface area (Å²) in [6.07, 6.45) is 3.43. The highest BCUT2D eigenvalue weighted by Crippen LogP contribution is 2.30. The highest BCUT2D eigenvalue weighted by Gasteiger charge is 2.16. The quantitative estimate of drug-likeness (QED) is 0.262. The second kappa shape index (κ2) is 11.6. The van der Waals surface area contributed by atoms with Crippen LogP contribution in [0.15, 0.2) is 96.4 Å². The first kappa shape index (κ1) is 28.3. The maximum atomic E-state index is 13.1. The standard InChI is InChI=1S/C34H35N3O3/c1-7-31(38)35-28-11-8-10-23(19-28)18-25-20-26(21-37(6)33(25)40)29-12-9-13-30(22(29)2)36-32(39)24-14-16-27(17-15-24)34(3,4)5/h7-17,19-21H,1,18H2,2-6H3,(H,35,38)(H,36,39). The van der Waals surface area contributed by atoms with Crippen LogP contribution in [0.5, 0.6) is 0 Å². The Bertz CT molecular complexity index is 1640. The number of carbonyl (C=O) groups excluding carboxylic acids is 2. The Labute approximate surface area is 235 Å². The van der Waals surface area contributed by atoms with Gasteiger partial charge in [0.15, 0.2) is 0 Å². The van der Waals surface area contributed by atoms with E-state index in [-0.39, 0.29) is 22.8 Å². The number of pyridine rings is 1.